The van der Waals surface area contributed by atoms with Gasteiger partial charge in [0.15, 0.2) is 0 Å². The summed E-state index contributed by atoms with van der Waals surface area (Å²) in [6.45, 7) is 4.70. The van der Waals surface area contributed by atoms with E-state index in [1.54, 1.807) is 0 Å². The second-order valence-electron chi connectivity index (χ2n) is 5.86. The number of pyridine rings is 1. The standard InChI is InChI=1S/C15H20ClN3/c1-10-3-4-13(11(2)7-10)19-14-5-6-17-9-12(14)18-15(19)8-16/h5-6,9-11,13H,3-4,7-8H2,1-2H3. The van der Waals surface area contributed by atoms with Crippen molar-refractivity contribution in [2.75, 3.05) is 0 Å². The third-order valence-electron chi connectivity index (χ3n) is 4.40. The van der Waals surface area contributed by atoms with Crippen molar-refractivity contribution in [3.8, 4) is 0 Å². The van der Waals surface area contributed by atoms with Gasteiger partial charge in [0.25, 0.3) is 0 Å². The molecule has 19 heavy (non-hydrogen) atoms. The van der Waals surface area contributed by atoms with Gasteiger partial charge < -0.3 is 4.57 Å². The van der Waals surface area contributed by atoms with E-state index < -0.39 is 0 Å². The van der Waals surface area contributed by atoms with Crippen LogP contribution < -0.4 is 0 Å². The Kier molecular flexibility index (Phi) is 3.48. The van der Waals surface area contributed by atoms with E-state index >= 15 is 0 Å². The van der Waals surface area contributed by atoms with E-state index in [0.717, 1.165) is 17.3 Å². The molecular weight excluding hydrogens is 258 g/mol. The molecule has 102 valence electrons. The van der Waals surface area contributed by atoms with Gasteiger partial charge in [0.1, 0.15) is 11.3 Å². The molecule has 0 aliphatic heterocycles. The van der Waals surface area contributed by atoms with Crippen molar-refractivity contribution in [1.82, 2.24) is 14.5 Å². The largest absolute Gasteiger partial charge is 0.323 e. The average molecular weight is 278 g/mol. The third-order valence-corrected chi connectivity index (χ3v) is 4.64. The summed E-state index contributed by atoms with van der Waals surface area (Å²) >= 11 is 6.10. The molecule has 1 fully saturated rings. The highest BCUT2D eigenvalue weighted by Gasteiger charge is 2.29. The van der Waals surface area contributed by atoms with Gasteiger partial charge in [-0.2, -0.15) is 0 Å². The maximum absolute atomic E-state index is 6.10. The van der Waals surface area contributed by atoms with E-state index in [1.807, 2.05) is 12.4 Å². The van der Waals surface area contributed by atoms with Crippen LogP contribution in [0.5, 0.6) is 0 Å². The molecule has 3 atom stereocenters. The number of alkyl halides is 1. The van der Waals surface area contributed by atoms with Crippen LogP contribution in [-0.2, 0) is 5.88 Å². The van der Waals surface area contributed by atoms with E-state index in [4.69, 9.17) is 11.6 Å². The van der Waals surface area contributed by atoms with Gasteiger partial charge in [-0.3, -0.25) is 4.98 Å². The molecular formula is C15H20ClN3. The van der Waals surface area contributed by atoms with Crippen molar-refractivity contribution in [2.24, 2.45) is 11.8 Å². The highest BCUT2D eigenvalue weighted by atomic mass is 35.5. The van der Waals surface area contributed by atoms with E-state index in [1.165, 1.54) is 24.8 Å². The highest BCUT2D eigenvalue weighted by molar-refractivity contribution is 6.16. The Balaban J connectivity index is 2.08. The molecule has 0 N–H and O–H groups in total. The average Bonchev–Trinajstić information content (AvgIpc) is 2.77. The fourth-order valence-electron chi connectivity index (χ4n) is 3.50. The van der Waals surface area contributed by atoms with Crippen LogP contribution in [0.15, 0.2) is 18.5 Å². The van der Waals surface area contributed by atoms with Gasteiger partial charge in [-0.25, -0.2) is 4.98 Å². The Labute approximate surface area is 119 Å². The Morgan fingerprint density at radius 1 is 1.37 bits per heavy atom. The Morgan fingerprint density at radius 3 is 2.95 bits per heavy atom. The van der Waals surface area contributed by atoms with Crippen LogP contribution in [-0.4, -0.2) is 14.5 Å². The summed E-state index contributed by atoms with van der Waals surface area (Å²) in [5, 5.41) is 0. The molecule has 0 radical (unpaired) electrons. The molecule has 4 heteroatoms. The summed E-state index contributed by atoms with van der Waals surface area (Å²) in [4.78, 5) is 8.79. The smallest absolute Gasteiger partial charge is 0.125 e. The molecule has 0 saturated heterocycles. The van der Waals surface area contributed by atoms with Crippen LogP contribution in [0.25, 0.3) is 11.0 Å². The van der Waals surface area contributed by atoms with Crippen LogP contribution >= 0.6 is 11.6 Å². The van der Waals surface area contributed by atoms with E-state index in [-0.39, 0.29) is 0 Å². The second-order valence-corrected chi connectivity index (χ2v) is 6.13. The van der Waals surface area contributed by atoms with Crippen molar-refractivity contribution in [3.05, 3.63) is 24.3 Å². The lowest BCUT2D eigenvalue weighted by atomic mass is 9.79. The van der Waals surface area contributed by atoms with Gasteiger partial charge in [0, 0.05) is 12.2 Å². The minimum Gasteiger partial charge on any atom is -0.323 e. The predicted molar refractivity (Wildman–Crippen MR) is 78.3 cm³/mol. The van der Waals surface area contributed by atoms with E-state index in [9.17, 15) is 0 Å². The topological polar surface area (TPSA) is 30.7 Å². The predicted octanol–water partition coefficient (Wildman–Crippen LogP) is 4.17. The molecule has 2 aromatic heterocycles. The normalized spacial score (nSPS) is 27.8. The number of fused-ring (bicyclic) bond motifs is 1. The first-order valence-corrected chi connectivity index (χ1v) is 7.61. The minimum absolute atomic E-state index is 0.466. The fraction of sp³-hybridized carbons (Fsp3) is 0.600. The molecule has 2 aromatic rings. The van der Waals surface area contributed by atoms with Crippen molar-refractivity contribution in [1.29, 1.82) is 0 Å². The first-order valence-electron chi connectivity index (χ1n) is 7.07. The second kappa shape index (κ2) is 5.12. The summed E-state index contributed by atoms with van der Waals surface area (Å²) in [6, 6.07) is 2.58. The molecule has 3 rings (SSSR count). The maximum Gasteiger partial charge on any atom is 0.125 e. The van der Waals surface area contributed by atoms with Crippen molar-refractivity contribution in [3.63, 3.8) is 0 Å². The molecule has 0 spiro atoms. The van der Waals surface area contributed by atoms with Crippen molar-refractivity contribution >= 4 is 22.6 Å². The summed E-state index contributed by atoms with van der Waals surface area (Å²) in [6.07, 6.45) is 7.48. The monoisotopic (exact) mass is 277 g/mol. The molecule has 0 amide bonds. The van der Waals surface area contributed by atoms with Gasteiger partial charge in [-0.05, 0) is 37.2 Å². The number of nitrogens with zero attached hydrogens (tertiary/aromatic N) is 3. The Hall–Kier alpha value is -1.09. The van der Waals surface area contributed by atoms with E-state index in [0.29, 0.717) is 17.8 Å². The summed E-state index contributed by atoms with van der Waals surface area (Å²) < 4.78 is 2.36. The van der Waals surface area contributed by atoms with Crippen molar-refractivity contribution < 1.29 is 0 Å². The summed E-state index contributed by atoms with van der Waals surface area (Å²) in [7, 11) is 0. The zero-order chi connectivity index (χ0) is 13.4. The number of rotatable bonds is 2. The van der Waals surface area contributed by atoms with Crippen LogP contribution in [0.3, 0.4) is 0 Å². The molecule has 1 saturated carbocycles. The van der Waals surface area contributed by atoms with Crippen LogP contribution in [0, 0.1) is 11.8 Å². The molecule has 0 aromatic carbocycles. The number of hydrogen-bond donors (Lipinski definition) is 0. The molecule has 3 unspecified atom stereocenters. The minimum atomic E-state index is 0.466. The first-order chi connectivity index (χ1) is 9.20. The molecule has 0 bridgehead atoms. The van der Waals surface area contributed by atoms with Gasteiger partial charge >= 0.3 is 0 Å². The van der Waals surface area contributed by atoms with Crippen LogP contribution in [0.1, 0.15) is 45.0 Å². The van der Waals surface area contributed by atoms with Crippen molar-refractivity contribution in [2.45, 2.75) is 45.0 Å². The van der Waals surface area contributed by atoms with Gasteiger partial charge in [0.05, 0.1) is 17.6 Å². The molecule has 1 aliphatic rings. The lowest BCUT2D eigenvalue weighted by Gasteiger charge is -2.34. The lowest BCUT2D eigenvalue weighted by Crippen LogP contribution is -2.25. The van der Waals surface area contributed by atoms with E-state index in [2.05, 4.69) is 34.4 Å². The number of hydrogen-bond acceptors (Lipinski definition) is 2. The number of halogens is 1. The maximum atomic E-state index is 6.10. The first kappa shape index (κ1) is 12.9. The summed E-state index contributed by atoms with van der Waals surface area (Å²) in [5.41, 5.74) is 2.14. The highest BCUT2D eigenvalue weighted by Crippen LogP contribution is 2.39. The SMILES string of the molecule is CC1CCC(n2c(CCl)nc3cnccc32)C(C)C1. The number of imidazole rings is 1. The summed E-state index contributed by atoms with van der Waals surface area (Å²) in [5.74, 6) is 2.96. The Morgan fingerprint density at radius 2 is 2.21 bits per heavy atom. The Bertz CT molecular complexity index is 578. The van der Waals surface area contributed by atoms with Crippen LogP contribution in [0.2, 0.25) is 0 Å². The zero-order valence-electron chi connectivity index (χ0n) is 11.5. The number of aromatic nitrogens is 3. The fourth-order valence-corrected chi connectivity index (χ4v) is 3.69. The molecule has 1 aliphatic carbocycles. The molecule has 3 nitrogen and oxygen atoms in total. The quantitative estimate of drug-likeness (QED) is 0.772. The van der Waals surface area contributed by atoms with Crippen LogP contribution in [0.4, 0.5) is 0 Å². The third kappa shape index (κ3) is 2.25. The molecule has 2 heterocycles. The lowest BCUT2D eigenvalue weighted by molar-refractivity contribution is 0.209. The zero-order valence-corrected chi connectivity index (χ0v) is 12.3. The van der Waals surface area contributed by atoms with Gasteiger partial charge in [-0.15, -0.1) is 11.6 Å². The van der Waals surface area contributed by atoms with Gasteiger partial charge in [-0.1, -0.05) is 13.8 Å². The van der Waals surface area contributed by atoms with Gasteiger partial charge in [0.2, 0.25) is 0 Å².